The minimum absolute atomic E-state index is 0.00710. The topological polar surface area (TPSA) is 50.4 Å². The zero-order valence-electron chi connectivity index (χ0n) is 11.6. The van der Waals surface area contributed by atoms with Crippen molar-refractivity contribution in [1.82, 2.24) is 10.6 Å². The van der Waals surface area contributed by atoms with E-state index in [4.69, 9.17) is 4.74 Å². The van der Waals surface area contributed by atoms with Gasteiger partial charge in [-0.2, -0.15) is 0 Å². The van der Waals surface area contributed by atoms with Crippen LogP contribution in [0.3, 0.4) is 0 Å². The summed E-state index contributed by atoms with van der Waals surface area (Å²) in [6, 6.07) is 11.4. The number of rotatable bonds is 5. The number of methoxy groups -OCH3 is 1. The Hall–Kier alpha value is -2.01. The molecule has 0 aliphatic heterocycles. The normalized spacial score (nSPS) is 11.7. The first-order chi connectivity index (χ1) is 9.70. The molecule has 1 unspecified atom stereocenters. The Labute approximate surface area is 122 Å². The highest BCUT2D eigenvalue weighted by molar-refractivity contribution is 7.10. The first-order valence-corrected chi connectivity index (χ1v) is 7.28. The molecule has 20 heavy (non-hydrogen) atoms. The Kier molecular flexibility index (Phi) is 5.01. The number of ether oxygens (including phenoxy) is 1. The van der Waals surface area contributed by atoms with Gasteiger partial charge in [0.05, 0.1) is 13.2 Å². The number of thiophene rings is 1. The van der Waals surface area contributed by atoms with E-state index in [1.165, 1.54) is 0 Å². The Bertz CT molecular complexity index is 555. The lowest BCUT2D eigenvalue weighted by Crippen LogP contribution is -2.36. The number of nitrogens with one attached hydrogen (secondary N) is 2. The minimum atomic E-state index is -0.184. The minimum Gasteiger partial charge on any atom is -0.496 e. The average molecular weight is 290 g/mol. The number of benzene rings is 1. The number of amides is 2. The molecule has 0 bridgehead atoms. The van der Waals surface area contributed by atoms with Crippen molar-refractivity contribution in [2.45, 2.75) is 19.5 Å². The molecule has 2 rings (SSSR count). The third kappa shape index (κ3) is 3.74. The van der Waals surface area contributed by atoms with Crippen LogP contribution in [-0.4, -0.2) is 13.1 Å². The Morgan fingerprint density at radius 2 is 2.10 bits per heavy atom. The number of carbonyl (C=O) groups is 1. The largest absolute Gasteiger partial charge is 0.496 e. The van der Waals surface area contributed by atoms with E-state index in [0.29, 0.717) is 6.54 Å². The van der Waals surface area contributed by atoms with Crippen molar-refractivity contribution in [3.05, 3.63) is 52.2 Å². The number of urea groups is 1. The van der Waals surface area contributed by atoms with Gasteiger partial charge in [-0.1, -0.05) is 24.3 Å². The molecule has 1 atom stereocenters. The van der Waals surface area contributed by atoms with Gasteiger partial charge in [0, 0.05) is 17.0 Å². The number of hydrogen-bond donors (Lipinski definition) is 2. The zero-order chi connectivity index (χ0) is 14.4. The van der Waals surface area contributed by atoms with Crippen molar-refractivity contribution in [2.24, 2.45) is 0 Å². The summed E-state index contributed by atoms with van der Waals surface area (Å²) in [4.78, 5) is 13.0. The number of carbonyl (C=O) groups excluding carboxylic acids is 1. The van der Waals surface area contributed by atoms with E-state index in [0.717, 1.165) is 16.2 Å². The molecule has 0 aliphatic rings. The molecular formula is C15H18N2O2S. The molecule has 1 aromatic heterocycles. The molecule has 2 N–H and O–H groups in total. The molecule has 2 aromatic rings. The third-order valence-corrected chi connectivity index (χ3v) is 4.00. The van der Waals surface area contributed by atoms with Crippen LogP contribution in [0.5, 0.6) is 5.75 Å². The van der Waals surface area contributed by atoms with E-state index in [1.807, 2.05) is 48.7 Å². The van der Waals surface area contributed by atoms with Crippen molar-refractivity contribution in [1.29, 1.82) is 0 Å². The van der Waals surface area contributed by atoms with Crippen LogP contribution < -0.4 is 15.4 Å². The predicted molar refractivity (Wildman–Crippen MR) is 81.1 cm³/mol. The molecule has 1 heterocycles. The first-order valence-electron chi connectivity index (χ1n) is 6.40. The predicted octanol–water partition coefficient (Wildman–Crippen LogP) is 3.32. The molecule has 0 radical (unpaired) electrons. The van der Waals surface area contributed by atoms with Crippen LogP contribution in [0.15, 0.2) is 41.8 Å². The monoisotopic (exact) mass is 290 g/mol. The van der Waals surface area contributed by atoms with Crippen LogP contribution >= 0.6 is 11.3 Å². The summed E-state index contributed by atoms with van der Waals surface area (Å²) in [5.74, 6) is 0.777. The summed E-state index contributed by atoms with van der Waals surface area (Å²) < 4.78 is 5.25. The summed E-state index contributed by atoms with van der Waals surface area (Å²) in [6.07, 6.45) is 0. The summed E-state index contributed by atoms with van der Waals surface area (Å²) in [7, 11) is 1.62. The summed E-state index contributed by atoms with van der Waals surface area (Å²) >= 11 is 1.63. The van der Waals surface area contributed by atoms with E-state index in [9.17, 15) is 4.79 Å². The fourth-order valence-electron chi connectivity index (χ4n) is 1.88. The Morgan fingerprint density at radius 3 is 2.80 bits per heavy atom. The second kappa shape index (κ2) is 6.96. The van der Waals surface area contributed by atoms with Crippen LogP contribution in [0.2, 0.25) is 0 Å². The maximum Gasteiger partial charge on any atom is 0.315 e. The number of hydrogen-bond acceptors (Lipinski definition) is 3. The lowest BCUT2D eigenvalue weighted by Gasteiger charge is -2.14. The van der Waals surface area contributed by atoms with Crippen molar-refractivity contribution >= 4 is 17.4 Å². The molecule has 4 nitrogen and oxygen atoms in total. The fourth-order valence-corrected chi connectivity index (χ4v) is 2.62. The van der Waals surface area contributed by atoms with Crippen LogP contribution in [-0.2, 0) is 6.54 Å². The molecule has 0 spiro atoms. The van der Waals surface area contributed by atoms with Gasteiger partial charge in [-0.25, -0.2) is 4.79 Å². The van der Waals surface area contributed by atoms with E-state index < -0.39 is 0 Å². The van der Waals surface area contributed by atoms with Gasteiger partial charge in [-0.05, 0) is 24.4 Å². The maximum absolute atomic E-state index is 11.9. The quantitative estimate of drug-likeness (QED) is 0.887. The fraction of sp³-hybridized carbons (Fsp3) is 0.267. The molecular weight excluding hydrogens is 272 g/mol. The van der Waals surface area contributed by atoms with E-state index in [-0.39, 0.29) is 12.1 Å². The van der Waals surface area contributed by atoms with E-state index in [1.54, 1.807) is 18.4 Å². The highest BCUT2D eigenvalue weighted by Gasteiger charge is 2.10. The van der Waals surface area contributed by atoms with Crippen molar-refractivity contribution in [3.63, 3.8) is 0 Å². The molecule has 0 aliphatic carbocycles. The third-order valence-electron chi connectivity index (χ3n) is 2.95. The van der Waals surface area contributed by atoms with Gasteiger partial charge in [-0.3, -0.25) is 0 Å². The summed E-state index contributed by atoms with van der Waals surface area (Å²) in [5, 5.41) is 7.75. The van der Waals surface area contributed by atoms with Crippen LogP contribution in [0.1, 0.15) is 23.4 Å². The summed E-state index contributed by atoms with van der Waals surface area (Å²) in [6.45, 7) is 2.40. The highest BCUT2D eigenvalue weighted by Crippen LogP contribution is 2.18. The molecule has 0 saturated carbocycles. The van der Waals surface area contributed by atoms with E-state index >= 15 is 0 Å². The molecule has 1 aromatic carbocycles. The second-order valence-electron chi connectivity index (χ2n) is 4.38. The van der Waals surface area contributed by atoms with Gasteiger partial charge in [0.15, 0.2) is 0 Å². The average Bonchev–Trinajstić information content (AvgIpc) is 2.99. The van der Waals surface area contributed by atoms with Crippen LogP contribution in [0.25, 0.3) is 0 Å². The van der Waals surface area contributed by atoms with Crippen LogP contribution in [0.4, 0.5) is 4.79 Å². The van der Waals surface area contributed by atoms with Gasteiger partial charge in [0.1, 0.15) is 5.75 Å². The lowest BCUT2D eigenvalue weighted by molar-refractivity contribution is 0.237. The highest BCUT2D eigenvalue weighted by atomic mass is 32.1. The SMILES string of the molecule is COc1ccccc1CNC(=O)NC(C)c1cccs1. The van der Waals surface area contributed by atoms with Gasteiger partial charge < -0.3 is 15.4 Å². The first kappa shape index (κ1) is 14.4. The Balaban J connectivity index is 1.86. The smallest absolute Gasteiger partial charge is 0.315 e. The lowest BCUT2D eigenvalue weighted by atomic mass is 10.2. The van der Waals surface area contributed by atoms with Crippen molar-refractivity contribution < 1.29 is 9.53 Å². The van der Waals surface area contributed by atoms with Gasteiger partial charge in [0.25, 0.3) is 0 Å². The zero-order valence-corrected chi connectivity index (χ0v) is 12.4. The molecule has 0 saturated heterocycles. The standard InChI is InChI=1S/C15H18N2O2S/c1-11(14-8-5-9-20-14)17-15(18)16-10-12-6-3-4-7-13(12)19-2/h3-9,11H,10H2,1-2H3,(H2,16,17,18). The Morgan fingerprint density at radius 1 is 1.30 bits per heavy atom. The van der Waals surface area contributed by atoms with Gasteiger partial charge in [-0.15, -0.1) is 11.3 Å². The van der Waals surface area contributed by atoms with Crippen LogP contribution in [0, 0.1) is 0 Å². The second-order valence-corrected chi connectivity index (χ2v) is 5.36. The van der Waals surface area contributed by atoms with E-state index in [2.05, 4.69) is 10.6 Å². The van der Waals surface area contributed by atoms with Crippen molar-refractivity contribution in [2.75, 3.05) is 7.11 Å². The maximum atomic E-state index is 11.9. The van der Waals surface area contributed by atoms with Crippen molar-refractivity contribution in [3.8, 4) is 5.75 Å². The molecule has 106 valence electrons. The molecule has 2 amide bonds. The number of para-hydroxylation sites is 1. The molecule has 0 fully saturated rings. The molecule has 5 heteroatoms. The summed E-state index contributed by atoms with van der Waals surface area (Å²) in [5.41, 5.74) is 0.953. The van der Waals surface area contributed by atoms with Gasteiger partial charge >= 0.3 is 6.03 Å². The van der Waals surface area contributed by atoms with Gasteiger partial charge in [0.2, 0.25) is 0 Å².